The Bertz CT molecular complexity index is 1600. The predicted octanol–water partition coefficient (Wildman–Crippen LogP) is 6.77. The normalized spacial score (nSPS) is 14.5. The van der Waals surface area contributed by atoms with Crippen molar-refractivity contribution in [2.75, 3.05) is 63.0 Å². The molecule has 4 N–H and O–H groups in total. The number of nitrogens with one attached hydrogen (secondary N) is 3. The number of hydrogen-bond acceptors (Lipinski definition) is 10. The smallest absolute Gasteiger partial charge is 0.231 e. The summed E-state index contributed by atoms with van der Waals surface area (Å²) in [5.41, 5.74) is 2.80. The van der Waals surface area contributed by atoms with Gasteiger partial charge in [0.2, 0.25) is 14.3 Å². The van der Waals surface area contributed by atoms with Crippen molar-refractivity contribution in [3.05, 3.63) is 54.7 Å². The summed E-state index contributed by atoms with van der Waals surface area (Å²) >= 11 is 0. The molecule has 0 amide bonds. The first-order valence-corrected chi connectivity index (χ1v) is 17.5. The molecule has 1 saturated heterocycles. The van der Waals surface area contributed by atoms with Crippen molar-refractivity contribution in [3.63, 3.8) is 0 Å². The van der Waals surface area contributed by atoms with E-state index < -0.39 is 14.0 Å². The SMILES string of the molecule is COP(OC)c1ccccc1Nc1nc(Nc2ccc(N3CCC(N(C)CC(C)(C)O)CC3)c(OCCC(C)C)c2)nc2[nH]ccc12. The highest BCUT2D eigenvalue weighted by atomic mass is 31.2. The quantitative estimate of drug-likeness (QED) is 0.101. The number of nitrogens with zero attached hydrogens (tertiary/aromatic N) is 4. The highest BCUT2D eigenvalue weighted by molar-refractivity contribution is 7.56. The van der Waals surface area contributed by atoms with E-state index in [2.05, 4.69) is 64.5 Å². The standard InChI is InChI=1S/C35H50N7O4P/c1-24(2)17-21-46-30-22-25(12-13-29(30)42-19-15-26(16-20-42)41(5)23-35(3,4)43)37-34-39-32-27(14-18-36-32)33(40-34)38-28-10-8-9-11-31(28)47(44-6)45-7/h8-14,18,22,24,26,43H,15-17,19-21,23H2,1-7H3,(H3,36,37,38,39,40). The molecule has 2 aromatic heterocycles. The lowest BCUT2D eigenvalue weighted by Crippen LogP contribution is -2.47. The predicted molar refractivity (Wildman–Crippen MR) is 193 cm³/mol. The molecule has 1 aliphatic heterocycles. The second kappa shape index (κ2) is 15.6. The minimum Gasteiger partial charge on any atom is -0.491 e. The number of hydrogen-bond donors (Lipinski definition) is 4. The Labute approximate surface area is 280 Å². The number of anilines is 5. The number of para-hydroxylation sites is 1. The zero-order chi connectivity index (χ0) is 33.6. The Hall–Kier alpha value is -3.47. The molecule has 5 rings (SSSR count). The van der Waals surface area contributed by atoms with E-state index in [1.165, 1.54) is 0 Å². The number of rotatable bonds is 15. The molecule has 4 aromatic rings. The van der Waals surface area contributed by atoms with Gasteiger partial charge in [-0.3, -0.25) is 0 Å². The summed E-state index contributed by atoms with van der Waals surface area (Å²) in [5.74, 6) is 2.51. The zero-order valence-electron chi connectivity index (χ0n) is 28.7. The summed E-state index contributed by atoms with van der Waals surface area (Å²) in [6.07, 6.45) is 4.88. The number of aromatic amines is 1. The number of H-pyrrole nitrogens is 1. The van der Waals surface area contributed by atoms with Crippen molar-refractivity contribution in [2.45, 2.75) is 58.6 Å². The van der Waals surface area contributed by atoms with E-state index in [4.69, 9.17) is 23.8 Å². The summed E-state index contributed by atoms with van der Waals surface area (Å²) < 4.78 is 17.6. The molecule has 0 aliphatic carbocycles. The maximum atomic E-state index is 10.3. The molecule has 0 bridgehead atoms. The average molecular weight is 664 g/mol. The topological polar surface area (TPSA) is 120 Å². The first kappa shape index (κ1) is 34.9. The molecule has 0 unspecified atom stereocenters. The van der Waals surface area contributed by atoms with Crippen LogP contribution < -0.4 is 25.6 Å². The van der Waals surface area contributed by atoms with Gasteiger partial charge in [0.1, 0.15) is 17.2 Å². The lowest BCUT2D eigenvalue weighted by molar-refractivity contribution is 0.0274. The molecule has 1 aliphatic rings. The summed E-state index contributed by atoms with van der Waals surface area (Å²) in [7, 11) is 4.17. The van der Waals surface area contributed by atoms with Crippen LogP contribution >= 0.6 is 8.38 Å². The van der Waals surface area contributed by atoms with E-state index in [1.54, 1.807) is 14.2 Å². The van der Waals surface area contributed by atoms with Crippen LogP contribution in [0.1, 0.15) is 47.0 Å². The Balaban J connectivity index is 1.38. The molecule has 47 heavy (non-hydrogen) atoms. The minimum absolute atomic E-state index is 0.440. The largest absolute Gasteiger partial charge is 0.491 e. The molecule has 0 atom stereocenters. The molecule has 0 radical (unpaired) electrons. The molecular weight excluding hydrogens is 613 g/mol. The van der Waals surface area contributed by atoms with Crippen molar-refractivity contribution in [3.8, 4) is 5.75 Å². The number of ether oxygens (including phenoxy) is 1. The lowest BCUT2D eigenvalue weighted by atomic mass is 10.0. The van der Waals surface area contributed by atoms with Crippen molar-refractivity contribution < 1.29 is 18.9 Å². The van der Waals surface area contributed by atoms with E-state index in [1.807, 2.05) is 50.4 Å². The first-order chi connectivity index (χ1) is 22.5. The third kappa shape index (κ3) is 9.12. The van der Waals surface area contributed by atoms with Crippen molar-refractivity contribution in [2.24, 2.45) is 5.92 Å². The van der Waals surface area contributed by atoms with Gasteiger partial charge in [-0.25, -0.2) is 0 Å². The number of aliphatic hydroxyl groups is 1. The first-order valence-electron chi connectivity index (χ1n) is 16.4. The highest BCUT2D eigenvalue weighted by Crippen LogP contribution is 2.39. The monoisotopic (exact) mass is 663 g/mol. The molecule has 12 heteroatoms. The molecule has 0 spiro atoms. The third-order valence-electron chi connectivity index (χ3n) is 8.33. The summed E-state index contributed by atoms with van der Waals surface area (Å²) in [4.78, 5) is 17.6. The van der Waals surface area contributed by atoms with Crippen LogP contribution in [-0.2, 0) is 9.05 Å². The fraction of sp³-hybridized carbons (Fsp3) is 0.486. The lowest BCUT2D eigenvalue weighted by Gasteiger charge is -2.40. The molecule has 0 saturated carbocycles. The van der Waals surface area contributed by atoms with Gasteiger partial charge in [0, 0.05) is 57.8 Å². The van der Waals surface area contributed by atoms with E-state index in [0.717, 1.165) is 65.9 Å². The number of aromatic nitrogens is 3. The van der Waals surface area contributed by atoms with E-state index >= 15 is 0 Å². The van der Waals surface area contributed by atoms with E-state index in [0.29, 0.717) is 42.5 Å². The van der Waals surface area contributed by atoms with Crippen molar-refractivity contribution >= 4 is 53.5 Å². The second-order valence-electron chi connectivity index (χ2n) is 13.2. The summed E-state index contributed by atoms with van der Waals surface area (Å²) in [6.45, 7) is 11.3. The Morgan fingerprint density at radius 1 is 1.06 bits per heavy atom. The zero-order valence-corrected chi connectivity index (χ0v) is 29.6. The number of fused-ring (bicyclic) bond motifs is 1. The van der Waals surface area contributed by atoms with Crippen LogP contribution in [0.25, 0.3) is 11.0 Å². The second-order valence-corrected chi connectivity index (χ2v) is 14.9. The van der Waals surface area contributed by atoms with Gasteiger partial charge in [-0.1, -0.05) is 26.0 Å². The maximum Gasteiger partial charge on any atom is 0.231 e. The number of piperidine rings is 1. The Morgan fingerprint density at radius 2 is 1.81 bits per heavy atom. The van der Waals surface area contributed by atoms with Crippen LogP contribution in [0.2, 0.25) is 0 Å². The van der Waals surface area contributed by atoms with Gasteiger partial charge in [-0.15, -0.1) is 0 Å². The van der Waals surface area contributed by atoms with Gasteiger partial charge >= 0.3 is 0 Å². The Morgan fingerprint density at radius 3 is 2.51 bits per heavy atom. The van der Waals surface area contributed by atoms with E-state index in [9.17, 15) is 5.11 Å². The minimum atomic E-state index is -1.24. The van der Waals surface area contributed by atoms with Gasteiger partial charge in [0.05, 0.1) is 34.3 Å². The summed E-state index contributed by atoms with van der Waals surface area (Å²) in [5, 5.41) is 19.0. The van der Waals surface area contributed by atoms with Gasteiger partial charge in [0.15, 0.2) is 0 Å². The van der Waals surface area contributed by atoms with Crippen LogP contribution in [0.5, 0.6) is 5.75 Å². The van der Waals surface area contributed by atoms with Gasteiger partial charge < -0.3 is 44.3 Å². The van der Waals surface area contributed by atoms with Crippen LogP contribution in [0.15, 0.2) is 54.7 Å². The molecule has 3 heterocycles. The summed E-state index contributed by atoms with van der Waals surface area (Å²) in [6, 6.07) is 16.6. The maximum absolute atomic E-state index is 10.3. The average Bonchev–Trinajstić information content (AvgIpc) is 3.51. The van der Waals surface area contributed by atoms with Gasteiger partial charge in [0.25, 0.3) is 0 Å². The third-order valence-corrected chi connectivity index (χ3v) is 9.78. The fourth-order valence-electron chi connectivity index (χ4n) is 6.02. The molecule has 11 nitrogen and oxygen atoms in total. The van der Waals surface area contributed by atoms with Gasteiger partial charge in [-0.2, -0.15) is 9.97 Å². The van der Waals surface area contributed by atoms with Crippen molar-refractivity contribution in [1.29, 1.82) is 0 Å². The fourth-order valence-corrected chi connectivity index (χ4v) is 7.10. The molecule has 254 valence electrons. The van der Waals surface area contributed by atoms with Crippen LogP contribution in [0.3, 0.4) is 0 Å². The van der Waals surface area contributed by atoms with E-state index in [-0.39, 0.29) is 0 Å². The van der Waals surface area contributed by atoms with Crippen LogP contribution in [0, 0.1) is 5.92 Å². The Kier molecular flexibility index (Phi) is 11.6. The molecule has 2 aromatic carbocycles. The number of benzene rings is 2. The number of likely N-dealkylation sites (N-methyl/N-ethyl adjacent to an activating group) is 1. The van der Waals surface area contributed by atoms with Crippen molar-refractivity contribution in [1.82, 2.24) is 19.9 Å². The van der Waals surface area contributed by atoms with Crippen LogP contribution in [-0.4, -0.2) is 84.1 Å². The molecular formula is C35H50N7O4P. The van der Waals surface area contributed by atoms with Crippen LogP contribution in [0.4, 0.5) is 28.8 Å². The highest BCUT2D eigenvalue weighted by Gasteiger charge is 2.27. The van der Waals surface area contributed by atoms with Gasteiger partial charge in [-0.05, 0) is 76.4 Å². The molecule has 1 fully saturated rings.